The second-order valence-corrected chi connectivity index (χ2v) is 9.54. The molecule has 1 aromatic rings. The van der Waals surface area contributed by atoms with E-state index < -0.39 is 57.7 Å². The number of nitrogens with one attached hydrogen (secondary N) is 1. The minimum atomic E-state index is -1.96. The first-order valence-electron chi connectivity index (χ1n) is 8.50. The minimum Gasteiger partial charge on any atom is -0.484 e. The summed E-state index contributed by atoms with van der Waals surface area (Å²) in [4.78, 5) is 51.2. The first kappa shape index (κ1) is 25.7. The van der Waals surface area contributed by atoms with E-state index in [-0.39, 0.29) is 0 Å². The highest BCUT2D eigenvalue weighted by atomic mass is 35.6. The number of ether oxygens (including phenoxy) is 2. The van der Waals surface area contributed by atoms with E-state index in [4.69, 9.17) is 49.8 Å². The molecule has 0 saturated carbocycles. The molecular formula is C16H14Cl3N5O7S. The summed E-state index contributed by atoms with van der Waals surface area (Å²) >= 11 is 16.9. The lowest BCUT2D eigenvalue weighted by atomic mass is 10.1. The number of amides is 2. The van der Waals surface area contributed by atoms with E-state index in [0.29, 0.717) is 22.4 Å². The van der Waals surface area contributed by atoms with Gasteiger partial charge in [0, 0.05) is 4.91 Å². The SMILES string of the molecule is [N-]=[N+]=NC(C(=O)O)N1C(=O)C(NC(=O)COc2ccccc2)C1SC(=O)OCC(Cl)(Cl)Cl. The number of thioether (sulfide) groups is 1. The van der Waals surface area contributed by atoms with E-state index in [0.717, 1.165) is 0 Å². The number of β-lactam (4-membered cyclic amide) rings is 1. The largest absolute Gasteiger partial charge is 0.484 e. The topological polar surface area (TPSA) is 171 Å². The van der Waals surface area contributed by atoms with Crippen LogP contribution in [0.5, 0.6) is 5.75 Å². The molecule has 3 atom stereocenters. The first-order valence-corrected chi connectivity index (χ1v) is 10.5. The number of hydrogen-bond acceptors (Lipinski definition) is 8. The summed E-state index contributed by atoms with van der Waals surface area (Å²) in [6.07, 6.45) is -1.96. The monoisotopic (exact) mass is 525 g/mol. The molecule has 1 saturated heterocycles. The quantitative estimate of drug-likeness (QED) is 0.123. The van der Waals surface area contributed by atoms with Crippen molar-refractivity contribution in [2.45, 2.75) is 21.4 Å². The third kappa shape index (κ3) is 7.24. The molecule has 172 valence electrons. The number of benzene rings is 1. The standard InChI is InChI=1S/C16H14Cl3N5O7S/c17-16(18,19)7-31-15(29)32-13-10(12(26)24(13)11(14(27)28)22-23-20)21-9(25)6-30-8-4-2-1-3-5-8/h1-5,10-11,13H,6-7H2,(H,21,25)(H,27,28). The van der Waals surface area contributed by atoms with Crippen LogP contribution in [0, 0.1) is 0 Å². The van der Waals surface area contributed by atoms with E-state index in [1.165, 1.54) is 0 Å². The number of carboxylic acid groups (broad SMARTS) is 1. The van der Waals surface area contributed by atoms with Crippen LogP contribution in [-0.4, -0.2) is 67.7 Å². The smallest absolute Gasteiger partial charge is 0.369 e. The van der Waals surface area contributed by atoms with Crippen molar-refractivity contribution in [1.29, 1.82) is 0 Å². The molecule has 1 aliphatic heterocycles. The second-order valence-electron chi connectivity index (χ2n) is 5.97. The van der Waals surface area contributed by atoms with Crippen LogP contribution in [0.15, 0.2) is 35.4 Å². The number of para-hydroxylation sites is 1. The van der Waals surface area contributed by atoms with Crippen LogP contribution in [0.3, 0.4) is 0 Å². The van der Waals surface area contributed by atoms with Gasteiger partial charge in [-0.2, -0.15) is 0 Å². The Balaban J connectivity index is 2.09. The predicted molar refractivity (Wildman–Crippen MR) is 114 cm³/mol. The van der Waals surface area contributed by atoms with Crippen molar-refractivity contribution in [3.63, 3.8) is 0 Å². The molecule has 1 heterocycles. The number of carbonyl (C=O) groups is 4. The lowest BCUT2D eigenvalue weighted by Crippen LogP contribution is -2.73. The normalized spacial score (nSPS) is 18.6. The van der Waals surface area contributed by atoms with E-state index in [2.05, 4.69) is 15.3 Å². The molecule has 3 unspecified atom stereocenters. The molecule has 0 bridgehead atoms. The molecule has 0 radical (unpaired) electrons. The Hall–Kier alpha value is -2.57. The van der Waals surface area contributed by atoms with E-state index >= 15 is 0 Å². The third-order valence-electron chi connectivity index (χ3n) is 3.73. The van der Waals surface area contributed by atoms with Crippen LogP contribution >= 0.6 is 46.6 Å². The number of aliphatic carboxylic acids is 1. The summed E-state index contributed by atoms with van der Waals surface area (Å²) in [6.45, 7) is -1.08. The molecule has 2 rings (SSSR count). The van der Waals surface area contributed by atoms with Crippen molar-refractivity contribution in [2.75, 3.05) is 13.2 Å². The average molecular weight is 527 g/mol. The summed E-state index contributed by atoms with van der Waals surface area (Å²) in [6, 6.07) is 7.03. The molecule has 2 N–H and O–H groups in total. The number of nitrogens with zero attached hydrogens (tertiary/aromatic N) is 4. The molecule has 16 heteroatoms. The number of azide groups is 1. The Kier molecular flexibility index (Phi) is 9.10. The maximum atomic E-state index is 12.5. The highest BCUT2D eigenvalue weighted by molar-refractivity contribution is 8.13. The molecular weight excluding hydrogens is 513 g/mol. The van der Waals surface area contributed by atoms with Crippen molar-refractivity contribution < 1.29 is 33.8 Å². The Labute approximate surface area is 199 Å². The second kappa shape index (κ2) is 11.3. The molecule has 0 aromatic heterocycles. The fourth-order valence-corrected chi connectivity index (χ4v) is 3.57. The molecule has 12 nitrogen and oxygen atoms in total. The van der Waals surface area contributed by atoms with Gasteiger partial charge in [-0.25, -0.2) is 9.59 Å². The van der Waals surface area contributed by atoms with Gasteiger partial charge in [-0.05, 0) is 29.4 Å². The van der Waals surface area contributed by atoms with Crippen LogP contribution < -0.4 is 10.1 Å². The van der Waals surface area contributed by atoms with Crippen LogP contribution in [0.2, 0.25) is 0 Å². The Morgan fingerprint density at radius 1 is 1.31 bits per heavy atom. The Bertz CT molecular complexity index is 924. The zero-order chi connectivity index (χ0) is 23.9. The van der Waals surface area contributed by atoms with E-state index in [9.17, 15) is 24.3 Å². The highest BCUT2D eigenvalue weighted by Gasteiger charge is 2.54. The number of halogens is 3. The van der Waals surface area contributed by atoms with Gasteiger partial charge in [-0.15, -0.1) is 0 Å². The summed E-state index contributed by atoms with van der Waals surface area (Å²) in [5.74, 6) is -2.86. The average Bonchev–Trinajstić information content (AvgIpc) is 2.73. The summed E-state index contributed by atoms with van der Waals surface area (Å²) in [5, 5.41) is 12.3. The van der Waals surface area contributed by atoms with Crippen molar-refractivity contribution in [3.8, 4) is 5.75 Å². The molecule has 1 aliphatic rings. The predicted octanol–water partition coefficient (Wildman–Crippen LogP) is 2.68. The first-order chi connectivity index (χ1) is 15.0. The third-order valence-corrected chi connectivity index (χ3v) is 5.10. The van der Waals surface area contributed by atoms with Crippen molar-refractivity contribution in [1.82, 2.24) is 10.2 Å². The molecule has 0 aliphatic carbocycles. The lowest BCUT2D eigenvalue weighted by molar-refractivity contribution is -0.161. The Morgan fingerprint density at radius 3 is 2.53 bits per heavy atom. The van der Waals surface area contributed by atoms with Gasteiger partial charge in [-0.1, -0.05) is 58.1 Å². The maximum absolute atomic E-state index is 12.5. The number of carbonyl (C=O) groups excluding carboxylic acids is 3. The Morgan fingerprint density at radius 2 is 1.97 bits per heavy atom. The van der Waals surface area contributed by atoms with Crippen LogP contribution in [0.25, 0.3) is 10.4 Å². The molecule has 2 amide bonds. The van der Waals surface area contributed by atoms with Gasteiger partial charge in [0.25, 0.3) is 5.91 Å². The van der Waals surface area contributed by atoms with Gasteiger partial charge in [-0.3, -0.25) is 9.59 Å². The number of hydrogen-bond donors (Lipinski definition) is 2. The van der Waals surface area contributed by atoms with Gasteiger partial charge in [0.05, 0.1) is 0 Å². The maximum Gasteiger partial charge on any atom is 0.369 e. The number of alkyl halides is 3. The zero-order valence-corrected chi connectivity index (χ0v) is 18.8. The number of carboxylic acids is 1. The molecule has 1 fully saturated rings. The van der Waals surface area contributed by atoms with E-state index in [1.54, 1.807) is 30.3 Å². The van der Waals surface area contributed by atoms with E-state index in [1.807, 2.05) is 0 Å². The van der Waals surface area contributed by atoms with Gasteiger partial charge >= 0.3 is 11.3 Å². The summed E-state index contributed by atoms with van der Waals surface area (Å²) in [7, 11) is 0. The van der Waals surface area contributed by atoms with Crippen LogP contribution in [0.1, 0.15) is 0 Å². The fraction of sp³-hybridized carbons (Fsp3) is 0.375. The number of likely N-dealkylation sites (tertiary alicyclic amines) is 1. The molecule has 0 spiro atoms. The highest BCUT2D eigenvalue weighted by Crippen LogP contribution is 2.35. The van der Waals surface area contributed by atoms with Crippen molar-refractivity contribution in [3.05, 3.63) is 40.8 Å². The molecule has 32 heavy (non-hydrogen) atoms. The van der Waals surface area contributed by atoms with Gasteiger partial charge < -0.3 is 24.8 Å². The van der Waals surface area contributed by atoms with Crippen LogP contribution in [-0.2, 0) is 19.1 Å². The van der Waals surface area contributed by atoms with Crippen LogP contribution in [0.4, 0.5) is 4.79 Å². The van der Waals surface area contributed by atoms with Crippen molar-refractivity contribution in [2.24, 2.45) is 5.11 Å². The fourth-order valence-electron chi connectivity index (χ4n) is 2.43. The molecule has 1 aromatic carbocycles. The number of rotatable bonds is 9. The summed E-state index contributed by atoms with van der Waals surface area (Å²) < 4.78 is 8.13. The zero-order valence-electron chi connectivity index (χ0n) is 15.8. The van der Waals surface area contributed by atoms with Gasteiger partial charge in [0.1, 0.15) is 23.8 Å². The minimum absolute atomic E-state index is 0.341. The van der Waals surface area contributed by atoms with Gasteiger partial charge in [0.15, 0.2) is 6.61 Å². The van der Waals surface area contributed by atoms with Crippen molar-refractivity contribution >= 4 is 69.6 Å². The lowest BCUT2D eigenvalue weighted by Gasteiger charge is -2.47. The summed E-state index contributed by atoms with van der Waals surface area (Å²) in [5.41, 5.74) is 8.60. The van der Waals surface area contributed by atoms with Gasteiger partial charge in [0.2, 0.25) is 15.9 Å².